The average Bonchev–Trinajstić information content (AvgIpc) is 2.64. The van der Waals surface area contributed by atoms with Crippen LogP contribution in [0.1, 0.15) is 5.56 Å². The molecule has 138 valence electrons. The van der Waals surface area contributed by atoms with Gasteiger partial charge in [-0.05, 0) is 17.2 Å². The lowest BCUT2D eigenvalue weighted by atomic mass is 10.1. The van der Waals surface area contributed by atoms with Gasteiger partial charge in [-0.2, -0.15) is 0 Å². The molecule has 0 unspecified atom stereocenters. The summed E-state index contributed by atoms with van der Waals surface area (Å²) >= 11 is 0. The van der Waals surface area contributed by atoms with E-state index in [2.05, 4.69) is 20.6 Å². The number of amides is 2. The van der Waals surface area contributed by atoms with E-state index in [1.54, 1.807) is 19.5 Å². The van der Waals surface area contributed by atoms with E-state index in [1.165, 1.54) is 0 Å². The largest absolute Gasteiger partial charge is 0.383 e. The number of nitrogens with one attached hydrogen (secondary N) is 3. The molecule has 0 aliphatic rings. The van der Waals surface area contributed by atoms with E-state index in [-0.39, 0.29) is 0 Å². The van der Waals surface area contributed by atoms with Gasteiger partial charge in [-0.25, -0.2) is 14.8 Å². The predicted molar refractivity (Wildman–Crippen MR) is 99.9 cm³/mol. The Morgan fingerprint density at radius 3 is 2.69 bits per heavy atom. The standard InChI is InChI=1S/C17H23N7O2/c1-24(6-7-26-2)16-20-10-14(11-21-16)13-5-3-4-12(8-13)9-22-17(25)23-15(18)19/h3-5,8,10-11H,6-7,9H2,1-2H3,(H5,18,19,22,23,25). The molecule has 0 fully saturated rings. The third-order valence-corrected chi connectivity index (χ3v) is 3.57. The van der Waals surface area contributed by atoms with E-state index >= 15 is 0 Å². The van der Waals surface area contributed by atoms with E-state index in [9.17, 15) is 4.79 Å². The Hall–Kier alpha value is -3.20. The fourth-order valence-electron chi connectivity index (χ4n) is 2.21. The van der Waals surface area contributed by atoms with E-state index < -0.39 is 12.0 Å². The molecule has 5 N–H and O–H groups in total. The van der Waals surface area contributed by atoms with Crippen LogP contribution in [0.3, 0.4) is 0 Å². The molecule has 0 saturated heterocycles. The molecule has 0 aliphatic carbocycles. The second-order valence-electron chi connectivity index (χ2n) is 5.61. The van der Waals surface area contributed by atoms with Crippen molar-refractivity contribution < 1.29 is 9.53 Å². The predicted octanol–water partition coefficient (Wildman–Crippen LogP) is 0.919. The number of methoxy groups -OCH3 is 1. The van der Waals surface area contributed by atoms with Crippen molar-refractivity contribution in [3.63, 3.8) is 0 Å². The van der Waals surface area contributed by atoms with Crippen molar-refractivity contribution in [1.82, 2.24) is 20.6 Å². The monoisotopic (exact) mass is 357 g/mol. The molecule has 2 amide bonds. The van der Waals surface area contributed by atoms with Gasteiger partial charge >= 0.3 is 6.03 Å². The Morgan fingerprint density at radius 1 is 1.31 bits per heavy atom. The lowest BCUT2D eigenvalue weighted by molar-refractivity contribution is 0.206. The highest BCUT2D eigenvalue weighted by Crippen LogP contribution is 2.20. The Kier molecular flexibility index (Phi) is 6.86. The van der Waals surface area contributed by atoms with Crippen molar-refractivity contribution >= 4 is 17.9 Å². The smallest absolute Gasteiger partial charge is 0.321 e. The third-order valence-electron chi connectivity index (χ3n) is 3.57. The number of likely N-dealkylation sites (N-methyl/N-ethyl adjacent to an activating group) is 1. The van der Waals surface area contributed by atoms with Gasteiger partial charge in [-0.15, -0.1) is 0 Å². The van der Waals surface area contributed by atoms with Crippen LogP contribution in [-0.4, -0.2) is 49.3 Å². The van der Waals surface area contributed by atoms with Gasteiger partial charge in [-0.3, -0.25) is 10.7 Å². The normalized spacial score (nSPS) is 10.2. The molecular formula is C17H23N7O2. The number of ether oxygens (including phenoxy) is 1. The molecule has 0 aliphatic heterocycles. The molecule has 2 rings (SSSR count). The second-order valence-corrected chi connectivity index (χ2v) is 5.61. The molecule has 0 saturated carbocycles. The van der Waals surface area contributed by atoms with Gasteiger partial charge in [0.05, 0.1) is 6.61 Å². The summed E-state index contributed by atoms with van der Waals surface area (Å²) in [5, 5.41) is 11.8. The number of carbonyl (C=O) groups is 1. The van der Waals surface area contributed by atoms with E-state index in [1.807, 2.05) is 36.2 Å². The quantitative estimate of drug-likeness (QED) is 0.431. The van der Waals surface area contributed by atoms with Gasteiger partial charge in [0.1, 0.15) is 0 Å². The summed E-state index contributed by atoms with van der Waals surface area (Å²) in [7, 11) is 3.57. The number of hydrogen-bond donors (Lipinski definition) is 4. The van der Waals surface area contributed by atoms with Crippen LogP contribution in [0.15, 0.2) is 36.7 Å². The van der Waals surface area contributed by atoms with E-state index in [0.29, 0.717) is 25.6 Å². The third kappa shape index (κ3) is 5.71. The SMILES string of the molecule is COCCN(C)c1ncc(-c2cccc(CNC(=O)NC(=N)N)c2)cn1. The Morgan fingerprint density at radius 2 is 2.04 bits per heavy atom. The number of benzene rings is 1. The first-order chi connectivity index (χ1) is 12.5. The fourth-order valence-corrected chi connectivity index (χ4v) is 2.21. The number of rotatable bonds is 7. The highest BCUT2D eigenvalue weighted by molar-refractivity contribution is 5.93. The van der Waals surface area contributed by atoms with Crippen molar-refractivity contribution in [3.05, 3.63) is 42.2 Å². The van der Waals surface area contributed by atoms with Gasteiger partial charge in [0.15, 0.2) is 5.96 Å². The van der Waals surface area contributed by atoms with Crippen LogP contribution < -0.4 is 21.3 Å². The molecule has 9 heteroatoms. The molecule has 2 aromatic rings. The van der Waals surface area contributed by atoms with Crippen molar-refractivity contribution in [3.8, 4) is 11.1 Å². The van der Waals surface area contributed by atoms with Crippen LogP contribution >= 0.6 is 0 Å². The van der Waals surface area contributed by atoms with Crippen molar-refractivity contribution in [2.45, 2.75) is 6.54 Å². The van der Waals surface area contributed by atoms with Gasteiger partial charge in [-0.1, -0.05) is 18.2 Å². The van der Waals surface area contributed by atoms with Crippen LogP contribution in [0.4, 0.5) is 10.7 Å². The Labute approximate surface area is 152 Å². The summed E-state index contributed by atoms with van der Waals surface area (Å²) in [6.07, 6.45) is 3.53. The summed E-state index contributed by atoms with van der Waals surface area (Å²) in [5.74, 6) is 0.230. The van der Waals surface area contributed by atoms with Crippen LogP contribution in [0, 0.1) is 5.41 Å². The van der Waals surface area contributed by atoms with Crippen LogP contribution in [0.25, 0.3) is 11.1 Å². The number of carbonyl (C=O) groups excluding carboxylic acids is 1. The number of nitrogens with zero attached hydrogens (tertiary/aromatic N) is 3. The maximum atomic E-state index is 11.5. The molecule has 0 spiro atoms. The molecule has 26 heavy (non-hydrogen) atoms. The first-order valence-corrected chi connectivity index (χ1v) is 8.00. The molecule has 1 aromatic carbocycles. The number of hydrogen-bond acceptors (Lipinski definition) is 6. The lowest BCUT2D eigenvalue weighted by Gasteiger charge is -2.16. The molecule has 0 bridgehead atoms. The molecule has 9 nitrogen and oxygen atoms in total. The number of nitrogens with two attached hydrogens (primary N) is 1. The van der Waals surface area contributed by atoms with Crippen molar-refractivity contribution in [2.75, 3.05) is 32.2 Å². The van der Waals surface area contributed by atoms with Gasteiger partial charge in [0.25, 0.3) is 0 Å². The zero-order valence-electron chi connectivity index (χ0n) is 14.8. The van der Waals surface area contributed by atoms with E-state index in [0.717, 1.165) is 16.7 Å². The number of anilines is 1. The van der Waals surface area contributed by atoms with Crippen LogP contribution in [0.5, 0.6) is 0 Å². The number of guanidine groups is 1. The summed E-state index contributed by atoms with van der Waals surface area (Å²) in [5.41, 5.74) is 7.84. The number of aromatic nitrogens is 2. The molecule has 1 heterocycles. The van der Waals surface area contributed by atoms with Gasteiger partial charge in [0, 0.05) is 45.2 Å². The maximum Gasteiger partial charge on any atom is 0.321 e. The van der Waals surface area contributed by atoms with Crippen molar-refractivity contribution in [2.24, 2.45) is 5.73 Å². The first-order valence-electron chi connectivity index (χ1n) is 8.00. The minimum absolute atomic E-state index is 0.311. The summed E-state index contributed by atoms with van der Waals surface area (Å²) in [6, 6.07) is 7.17. The van der Waals surface area contributed by atoms with Crippen LogP contribution in [0.2, 0.25) is 0 Å². The van der Waals surface area contributed by atoms with Gasteiger partial charge in [0.2, 0.25) is 5.95 Å². The highest BCUT2D eigenvalue weighted by Gasteiger charge is 2.06. The summed E-state index contributed by atoms with van der Waals surface area (Å²) in [6.45, 7) is 1.62. The highest BCUT2D eigenvalue weighted by atomic mass is 16.5. The second kappa shape index (κ2) is 9.33. The summed E-state index contributed by atoms with van der Waals surface area (Å²) in [4.78, 5) is 22.2. The maximum absolute atomic E-state index is 11.5. The zero-order valence-corrected chi connectivity index (χ0v) is 14.8. The fraction of sp³-hybridized carbons (Fsp3) is 0.294. The minimum atomic E-state index is -0.519. The molecule has 0 atom stereocenters. The van der Waals surface area contributed by atoms with Crippen molar-refractivity contribution in [1.29, 1.82) is 5.41 Å². The van der Waals surface area contributed by atoms with E-state index in [4.69, 9.17) is 15.9 Å². The molecular weight excluding hydrogens is 334 g/mol. The summed E-state index contributed by atoms with van der Waals surface area (Å²) < 4.78 is 5.05. The zero-order chi connectivity index (χ0) is 18.9. The van der Waals surface area contributed by atoms with Crippen LogP contribution in [-0.2, 0) is 11.3 Å². The minimum Gasteiger partial charge on any atom is -0.383 e. The number of urea groups is 1. The lowest BCUT2D eigenvalue weighted by Crippen LogP contribution is -2.42. The van der Waals surface area contributed by atoms with Gasteiger partial charge < -0.3 is 20.7 Å². The Bertz CT molecular complexity index is 749. The molecule has 1 aromatic heterocycles. The molecule has 0 radical (unpaired) electrons. The topological polar surface area (TPSA) is 129 Å². The Balaban J connectivity index is 2.02. The first kappa shape index (κ1) is 19.1. The average molecular weight is 357 g/mol.